The Bertz CT molecular complexity index is 581. The molecule has 0 amide bonds. The van der Waals surface area contributed by atoms with Gasteiger partial charge in [-0.1, -0.05) is 18.2 Å². The number of hydrogen-bond acceptors (Lipinski definition) is 2. The second-order valence-electron chi connectivity index (χ2n) is 4.65. The second-order valence-corrected chi connectivity index (χ2v) is 5.90. The van der Waals surface area contributed by atoms with Crippen molar-refractivity contribution in [2.24, 2.45) is 0 Å². The summed E-state index contributed by atoms with van der Waals surface area (Å²) >= 11 is 2.14. The van der Waals surface area contributed by atoms with Gasteiger partial charge in [-0.2, -0.15) is 0 Å². The summed E-state index contributed by atoms with van der Waals surface area (Å²) in [5.41, 5.74) is 1.53. The van der Waals surface area contributed by atoms with E-state index in [4.69, 9.17) is 5.11 Å². The zero-order valence-corrected chi connectivity index (χ0v) is 13.4. The predicted molar refractivity (Wildman–Crippen MR) is 88.4 cm³/mol. The van der Waals surface area contributed by atoms with Gasteiger partial charge in [-0.25, -0.2) is 4.79 Å². The number of hydrogen-bond donors (Lipinski definition) is 1. The zero-order chi connectivity index (χ0) is 14.5. The number of benzene rings is 1. The molecule has 0 aliphatic carbocycles. The molecule has 2 aromatic rings. The summed E-state index contributed by atoms with van der Waals surface area (Å²) in [4.78, 5) is 13.3. The minimum absolute atomic E-state index is 0.358. The number of carboxylic acids is 1. The van der Waals surface area contributed by atoms with E-state index in [1.54, 1.807) is 6.07 Å². The van der Waals surface area contributed by atoms with Gasteiger partial charge in [0.05, 0.1) is 0 Å². The van der Waals surface area contributed by atoms with Gasteiger partial charge >= 0.3 is 5.97 Å². The van der Waals surface area contributed by atoms with Crippen molar-refractivity contribution in [3.63, 3.8) is 0 Å². The van der Waals surface area contributed by atoms with Crippen LogP contribution >= 0.6 is 22.6 Å². The first-order valence-electron chi connectivity index (χ1n) is 6.43. The molecule has 0 fully saturated rings. The van der Waals surface area contributed by atoms with E-state index in [9.17, 15) is 4.79 Å². The number of aromatic nitrogens is 1. The Kier molecular flexibility index (Phi) is 5.05. The average molecular weight is 384 g/mol. The SMILES string of the molecule is CN(CCCn1cc(I)cc1C(=O)O)c1ccccc1. The third kappa shape index (κ3) is 3.75. The lowest BCUT2D eigenvalue weighted by molar-refractivity contribution is 0.0685. The van der Waals surface area contributed by atoms with Gasteiger partial charge in [0.1, 0.15) is 5.69 Å². The van der Waals surface area contributed by atoms with Gasteiger partial charge < -0.3 is 14.6 Å². The molecule has 0 radical (unpaired) electrons. The van der Waals surface area contributed by atoms with Crippen LogP contribution < -0.4 is 4.90 Å². The van der Waals surface area contributed by atoms with Gasteiger partial charge in [0.2, 0.25) is 0 Å². The molecule has 0 saturated heterocycles. The van der Waals surface area contributed by atoms with E-state index in [1.807, 2.05) is 36.0 Å². The monoisotopic (exact) mass is 384 g/mol. The van der Waals surface area contributed by atoms with Crippen molar-refractivity contribution < 1.29 is 9.90 Å². The van der Waals surface area contributed by atoms with Crippen molar-refractivity contribution in [3.05, 3.63) is 51.9 Å². The van der Waals surface area contributed by atoms with Crippen LogP contribution in [0.15, 0.2) is 42.6 Å². The van der Waals surface area contributed by atoms with Crippen LogP contribution in [0, 0.1) is 3.57 Å². The van der Waals surface area contributed by atoms with E-state index in [0.29, 0.717) is 12.2 Å². The van der Waals surface area contributed by atoms with E-state index in [2.05, 4.69) is 39.6 Å². The highest BCUT2D eigenvalue weighted by Gasteiger charge is 2.11. The molecule has 0 aliphatic rings. The van der Waals surface area contributed by atoms with E-state index in [0.717, 1.165) is 16.5 Å². The molecule has 1 aromatic carbocycles. The molecule has 0 unspecified atom stereocenters. The molecule has 0 aliphatic heterocycles. The molecule has 1 heterocycles. The molecule has 0 saturated carbocycles. The number of aromatic carboxylic acids is 1. The summed E-state index contributed by atoms with van der Waals surface area (Å²) in [5.74, 6) is -0.871. The number of anilines is 1. The van der Waals surface area contributed by atoms with Crippen molar-refractivity contribution in [2.75, 3.05) is 18.5 Å². The lowest BCUT2D eigenvalue weighted by atomic mass is 10.3. The molecular formula is C15H17IN2O2. The second kappa shape index (κ2) is 6.78. The Morgan fingerprint density at radius 3 is 2.70 bits per heavy atom. The minimum Gasteiger partial charge on any atom is -0.477 e. The van der Waals surface area contributed by atoms with Crippen molar-refractivity contribution in [2.45, 2.75) is 13.0 Å². The summed E-state index contributed by atoms with van der Waals surface area (Å²) in [6, 6.07) is 11.9. The molecular weight excluding hydrogens is 367 g/mol. The summed E-state index contributed by atoms with van der Waals surface area (Å²) in [5, 5.41) is 9.13. The average Bonchev–Trinajstić information content (AvgIpc) is 2.81. The van der Waals surface area contributed by atoms with Crippen LogP contribution in [-0.2, 0) is 6.54 Å². The van der Waals surface area contributed by atoms with E-state index in [1.165, 1.54) is 5.69 Å². The lowest BCUT2D eigenvalue weighted by Crippen LogP contribution is -2.20. The molecule has 0 spiro atoms. The van der Waals surface area contributed by atoms with Crippen LogP contribution in [0.1, 0.15) is 16.9 Å². The van der Waals surface area contributed by atoms with Crippen molar-refractivity contribution in [1.82, 2.24) is 4.57 Å². The lowest BCUT2D eigenvalue weighted by Gasteiger charge is -2.19. The minimum atomic E-state index is -0.871. The Morgan fingerprint density at radius 2 is 2.05 bits per heavy atom. The van der Waals surface area contributed by atoms with Gasteiger partial charge in [-0.05, 0) is 47.2 Å². The Balaban J connectivity index is 1.92. The number of aryl methyl sites for hydroxylation is 1. The van der Waals surface area contributed by atoms with Gasteiger partial charge in [0.15, 0.2) is 0 Å². The summed E-state index contributed by atoms with van der Waals surface area (Å²) < 4.78 is 2.76. The highest BCUT2D eigenvalue weighted by molar-refractivity contribution is 14.1. The normalized spacial score (nSPS) is 10.5. The molecule has 1 aromatic heterocycles. The summed E-state index contributed by atoms with van der Waals surface area (Å²) in [6.07, 6.45) is 2.78. The van der Waals surface area contributed by atoms with Crippen molar-refractivity contribution in [3.8, 4) is 0 Å². The van der Waals surface area contributed by atoms with Crippen LogP contribution in [0.3, 0.4) is 0 Å². The molecule has 0 atom stereocenters. The summed E-state index contributed by atoms with van der Waals surface area (Å²) in [7, 11) is 2.05. The maximum Gasteiger partial charge on any atom is 0.352 e. The van der Waals surface area contributed by atoms with E-state index in [-0.39, 0.29) is 0 Å². The quantitative estimate of drug-likeness (QED) is 0.778. The number of para-hydroxylation sites is 1. The molecule has 0 bridgehead atoms. The maximum atomic E-state index is 11.1. The van der Waals surface area contributed by atoms with E-state index < -0.39 is 5.97 Å². The predicted octanol–water partition coefficient (Wildman–Crippen LogP) is 3.32. The van der Waals surface area contributed by atoms with E-state index >= 15 is 0 Å². The molecule has 1 N–H and O–H groups in total. The molecule has 4 nitrogen and oxygen atoms in total. The Morgan fingerprint density at radius 1 is 1.35 bits per heavy atom. The smallest absolute Gasteiger partial charge is 0.352 e. The van der Waals surface area contributed by atoms with Gasteiger partial charge in [-0.3, -0.25) is 0 Å². The third-order valence-corrected chi connectivity index (χ3v) is 3.76. The Hall–Kier alpha value is -1.50. The molecule has 20 heavy (non-hydrogen) atoms. The van der Waals surface area contributed by atoms with Gasteiger partial charge in [0.25, 0.3) is 0 Å². The maximum absolute atomic E-state index is 11.1. The molecule has 106 valence electrons. The standard InChI is InChI=1S/C15H17IN2O2/c1-17(13-6-3-2-4-7-13)8-5-9-18-11-12(16)10-14(18)15(19)20/h2-4,6-7,10-11H,5,8-9H2,1H3,(H,19,20). The zero-order valence-electron chi connectivity index (χ0n) is 11.3. The first-order chi connectivity index (χ1) is 9.58. The first-order valence-corrected chi connectivity index (χ1v) is 7.51. The largest absolute Gasteiger partial charge is 0.477 e. The highest BCUT2D eigenvalue weighted by Crippen LogP contribution is 2.14. The third-order valence-electron chi connectivity index (χ3n) is 3.17. The number of rotatable bonds is 6. The number of carbonyl (C=O) groups is 1. The highest BCUT2D eigenvalue weighted by atomic mass is 127. The van der Waals surface area contributed by atoms with Crippen LogP contribution in [0.25, 0.3) is 0 Å². The summed E-state index contributed by atoms with van der Waals surface area (Å²) in [6.45, 7) is 1.60. The van der Waals surface area contributed by atoms with Crippen LogP contribution in [-0.4, -0.2) is 29.2 Å². The number of nitrogens with zero attached hydrogens (tertiary/aromatic N) is 2. The topological polar surface area (TPSA) is 45.5 Å². The fourth-order valence-corrected chi connectivity index (χ4v) is 2.76. The first kappa shape index (κ1) is 14.9. The fourth-order valence-electron chi connectivity index (χ4n) is 2.13. The van der Waals surface area contributed by atoms with Crippen LogP contribution in [0.2, 0.25) is 0 Å². The van der Waals surface area contributed by atoms with Gasteiger partial charge in [0, 0.05) is 35.6 Å². The Labute approximate surface area is 132 Å². The van der Waals surface area contributed by atoms with Crippen LogP contribution in [0.5, 0.6) is 0 Å². The van der Waals surface area contributed by atoms with Crippen molar-refractivity contribution in [1.29, 1.82) is 0 Å². The van der Waals surface area contributed by atoms with Crippen LogP contribution in [0.4, 0.5) is 5.69 Å². The number of carboxylic acid groups (broad SMARTS) is 1. The molecule has 2 rings (SSSR count). The van der Waals surface area contributed by atoms with Gasteiger partial charge in [-0.15, -0.1) is 0 Å². The molecule has 5 heteroatoms. The fraction of sp³-hybridized carbons (Fsp3) is 0.267. The number of halogens is 1. The van der Waals surface area contributed by atoms with Crippen molar-refractivity contribution >= 4 is 34.2 Å².